The van der Waals surface area contributed by atoms with Crippen LogP contribution in [0.1, 0.15) is 12.8 Å². The van der Waals surface area contributed by atoms with Crippen molar-refractivity contribution in [2.24, 2.45) is 0 Å². The highest BCUT2D eigenvalue weighted by atomic mass is 79.9. The Hall–Kier alpha value is -1.95. The molecular formula is C16H20BrN5O4S. The third-order valence-electron chi connectivity index (χ3n) is 3.76. The van der Waals surface area contributed by atoms with E-state index >= 15 is 0 Å². The lowest BCUT2D eigenvalue weighted by atomic mass is 10.3. The van der Waals surface area contributed by atoms with Gasteiger partial charge in [-0.3, -0.25) is 0 Å². The van der Waals surface area contributed by atoms with E-state index in [2.05, 4.69) is 41.3 Å². The molecule has 0 saturated heterocycles. The molecule has 0 atom stereocenters. The van der Waals surface area contributed by atoms with E-state index in [9.17, 15) is 8.42 Å². The van der Waals surface area contributed by atoms with E-state index in [0.29, 0.717) is 30.6 Å². The maximum Gasteiger partial charge on any atom is 0.244 e. The molecule has 27 heavy (non-hydrogen) atoms. The van der Waals surface area contributed by atoms with Gasteiger partial charge in [-0.2, -0.15) is 4.98 Å². The average molecular weight is 458 g/mol. The molecule has 4 N–H and O–H groups in total. The van der Waals surface area contributed by atoms with Gasteiger partial charge < -0.3 is 20.5 Å². The van der Waals surface area contributed by atoms with Crippen LogP contribution in [0.25, 0.3) is 0 Å². The monoisotopic (exact) mass is 457 g/mol. The molecule has 0 amide bonds. The van der Waals surface area contributed by atoms with Gasteiger partial charge in [0, 0.05) is 31.0 Å². The Morgan fingerprint density at radius 1 is 1.33 bits per heavy atom. The van der Waals surface area contributed by atoms with Gasteiger partial charge in [-0.15, -0.1) is 0 Å². The number of hydrogen-bond acceptors (Lipinski definition) is 8. The molecule has 0 unspecified atom stereocenters. The number of benzene rings is 1. The zero-order chi connectivity index (χ0) is 19.3. The second-order valence-electron chi connectivity index (χ2n) is 5.78. The first-order valence-electron chi connectivity index (χ1n) is 8.40. The summed E-state index contributed by atoms with van der Waals surface area (Å²) in [5.41, 5.74) is 0.596. The number of nitrogens with zero attached hydrogens (tertiary/aromatic N) is 2. The number of fused-ring (bicyclic) bond motifs is 4. The van der Waals surface area contributed by atoms with E-state index < -0.39 is 10.0 Å². The minimum atomic E-state index is -3.79. The molecule has 1 aliphatic rings. The van der Waals surface area contributed by atoms with E-state index in [4.69, 9.17) is 9.84 Å². The van der Waals surface area contributed by atoms with Gasteiger partial charge in [0.1, 0.15) is 16.5 Å². The van der Waals surface area contributed by atoms with Crippen LogP contribution >= 0.6 is 15.9 Å². The number of aliphatic hydroxyl groups is 1. The van der Waals surface area contributed by atoms with Crippen LogP contribution in [0.3, 0.4) is 0 Å². The summed E-state index contributed by atoms with van der Waals surface area (Å²) < 4.78 is 33.7. The lowest BCUT2D eigenvalue weighted by Crippen LogP contribution is -2.27. The van der Waals surface area contributed by atoms with Crippen molar-refractivity contribution < 1.29 is 18.3 Å². The summed E-state index contributed by atoms with van der Waals surface area (Å²) in [5, 5.41) is 15.2. The van der Waals surface area contributed by atoms with E-state index in [-0.39, 0.29) is 23.8 Å². The molecule has 0 aliphatic carbocycles. The van der Waals surface area contributed by atoms with Crippen molar-refractivity contribution in [2.75, 3.05) is 36.9 Å². The van der Waals surface area contributed by atoms with Crippen molar-refractivity contribution in [3.63, 3.8) is 0 Å². The Morgan fingerprint density at radius 2 is 2.19 bits per heavy atom. The molecule has 1 aromatic carbocycles. The Labute approximate surface area is 165 Å². The van der Waals surface area contributed by atoms with Gasteiger partial charge in [-0.1, -0.05) is 0 Å². The highest BCUT2D eigenvalue weighted by molar-refractivity contribution is 9.10. The van der Waals surface area contributed by atoms with Crippen molar-refractivity contribution in [3.8, 4) is 5.75 Å². The molecule has 1 aromatic heterocycles. The second kappa shape index (κ2) is 8.83. The topological polar surface area (TPSA) is 125 Å². The third-order valence-corrected chi connectivity index (χ3v) is 5.84. The minimum Gasteiger partial charge on any atom is -0.492 e. The van der Waals surface area contributed by atoms with Crippen molar-refractivity contribution in [1.82, 2.24) is 14.7 Å². The Balaban J connectivity index is 1.96. The fourth-order valence-electron chi connectivity index (χ4n) is 2.47. The molecule has 0 radical (unpaired) electrons. The van der Waals surface area contributed by atoms with Crippen LogP contribution in [0.4, 0.5) is 17.5 Å². The lowest BCUT2D eigenvalue weighted by Gasteiger charge is -2.14. The first-order chi connectivity index (χ1) is 13.0. The van der Waals surface area contributed by atoms with Gasteiger partial charge in [-0.25, -0.2) is 18.1 Å². The fourth-order valence-corrected chi connectivity index (χ4v) is 3.95. The standard InChI is InChI=1S/C16H20BrN5O4S/c17-12-10-19-16-21-11-3-4-14(27(24,25)20-6-7-23)13(9-11)26-8-2-1-5-18-15(12)22-16/h3-4,9-10,20,23H,1-2,5-8H2,(H2,18,19,21,22). The summed E-state index contributed by atoms with van der Waals surface area (Å²) in [7, 11) is -3.79. The van der Waals surface area contributed by atoms with Gasteiger partial charge in [0.15, 0.2) is 0 Å². The molecule has 9 nitrogen and oxygen atoms in total. The normalized spacial score (nSPS) is 14.6. The van der Waals surface area contributed by atoms with E-state index in [1.54, 1.807) is 18.3 Å². The molecule has 0 spiro atoms. The number of nitrogens with one attached hydrogen (secondary N) is 3. The number of sulfonamides is 1. The summed E-state index contributed by atoms with van der Waals surface area (Å²) >= 11 is 3.42. The molecule has 4 bridgehead atoms. The third kappa shape index (κ3) is 5.06. The predicted molar refractivity (Wildman–Crippen MR) is 105 cm³/mol. The Bertz CT molecular complexity index is 910. The highest BCUT2D eigenvalue weighted by Crippen LogP contribution is 2.30. The maximum absolute atomic E-state index is 12.5. The summed E-state index contributed by atoms with van der Waals surface area (Å²) in [6.07, 6.45) is 3.21. The van der Waals surface area contributed by atoms with Crippen molar-refractivity contribution in [2.45, 2.75) is 17.7 Å². The van der Waals surface area contributed by atoms with Crippen LogP contribution in [0.5, 0.6) is 5.75 Å². The summed E-state index contributed by atoms with van der Waals surface area (Å²) in [6, 6.07) is 4.66. The number of anilines is 3. The molecular weight excluding hydrogens is 438 g/mol. The second-order valence-corrected chi connectivity index (χ2v) is 8.37. The molecule has 2 aromatic rings. The van der Waals surface area contributed by atoms with Crippen molar-refractivity contribution >= 4 is 43.4 Å². The quantitative estimate of drug-likeness (QED) is 0.547. The Morgan fingerprint density at radius 3 is 3.00 bits per heavy atom. The zero-order valence-corrected chi connectivity index (χ0v) is 16.8. The number of aromatic nitrogens is 2. The molecule has 146 valence electrons. The largest absolute Gasteiger partial charge is 0.492 e. The molecule has 1 aliphatic heterocycles. The first kappa shape index (κ1) is 19.8. The van der Waals surface area contributed by atoms with E-state index in [1.807, 2.05) is 0 Å². The van der Waals surface area contributed by atoms with Gasteiger partial charge in [0.05, 0.1) is 17.7 Å². The predicted octanol–water partition coefficient (Wildman–Crippen LogP) is 1.84. The van der Waals surface area contributed by atoms with Gasteiger partial charge >= 0.3 is 0 Å². The van der Waals surface area contributed by atoms with Gasteiger partial charge in [0.2, 0.25) is 16.0 Å². The summed E-state index contributed by atoms with van der Waals surface area (Å²) in [4.78, 5) is 8.66. The number of halogens is 1. The van der Waals surface area contributed by atoms with Crippen LogP contribution in [-0.4, -0.2) is 49.8 Å². The summed E-state index contributed by atoms with van der Waals surface area (Å²) in [6.45, 7) is 0.714. The minimum absolute atomic E-state index is 0.0203. The first-order valence-corrected chi connectivity index (χ1v) is 10.7. The van der Waals surface area contributed by atoms with E-state index in [0.717, 1.165) is 17.3 Å². The Kier molecular flexibility index (Phi) is 6.47. The number of ether oxygens (including phenoxy) is 1. The zero-order valence-electron chi connectivity index (χ0n) is 14.4. The lowest BCUT2D eigenvalue weighted by molar-refractivity contribution is 0.297. The van der Waals surface area contributed by atoms with Gasteiger partial charge in [0.25, 0.3) is 0 Å². The van der Waals surface area contributed by atoms with Crippen molar-refractivity contribution in [1.29, 1.82) is 0 Å². The van der Waals surface area contributed by atoms with Crippen LogP contribution < -0.4 is 20.1 Å². The van der Waals surface area contributed by atoms with E-state index in [1.165, 1.54) is 6.07 Å². The summed E-state index contributed by atoms with van der Waals surface area (Å²) in [5.74, 6) is 1.29. The maximum atomic E-state index is 12.5. The molecule has 0 fully saturated rings. The van der Waals surface area contributed by atoms with Crippen LogP contribution in [0, 0.1) is 0 Å². The number of hydrogen-bond donors (Lipinski definition) is 4. The SMILES string of the molecule is O=S(=O)(NCCO)c1ccc2cc1OCCCCNc1nc(ncc1Br)N2. The molecule has 2 heterocycles. The van der Waals surface area contributed by atoms with Crippen LogP contribution in [0.15, 0.2) is 33.8 Å². The number of aliphatic hydroxyl groups excluding tert-OH is 1. The van der Waals surface area contributed by atoms with Crippen LogP contribution in [-0.2, 0) is 10.0 Å². The number of rotatable bonds is 4. The smallest absolute Gasteiger partial charge is 0.244 e. The van der Waals surface area contributed by atoms with Crippen molar-refractivity contribution in [3.05, 3.63) is 28.9 Å². The van der Waals surface area contributed by atoms with Crippen LogP contribution in [0.2, 0.25) is 0 Å². The molecule has 11 heteroatoms. The van der Waals surface area contributed by atoms with Gasteiger partial charge in [-0.05, 0) is 40.9 Å². The molecule has 0 saturated carbocycles. The average Bonchev–Trinajstić information content (AvgIpc) is 2.65. The molecule has 3 rings (SSSR count). The fraction of sp³-hybridized carbons (Fsp3) is 0.375. The highest BCUT2D eigenvalue weighted by Gasteiger charge is 2.20.